The van der Waals surface area contributed by atoms with Crippen molar-refractivity contribution in [2.24, 2.45) is 5.73 Å². The Bertz CT molecular complexity index is 366. The van der Waals surface area contributed by atoms with E-state index in [1.165, 1.54) is 25.3 Å². The molecule has 0 fully saturated rings. The highest BCUT2D eigenvalue weighted by Gasteiger charge is 2.32. The summed E-state index contributed by atoms with van der Waals surface area (Å²) in [5.41, 5.74) is 5.39. The third-order valence-electron chi connectivity index (χ3n) is 2.10. The number of phenols is 1. The zero-order chi connectivity index (χ0) is 12.3. The van der Waals surface area contributed by atoms with Crippen LogP contribution in [0.2, 0.25) is 0 Å². The monoisotopic (exact) mass is 235 g/mol. The molecule has 0 radical (unpaired) electrons. The molecule has 0 amide bonds. The van der Waals surface area contributed by atoms with Crippen molar-refractivity contribution >= 4 is 0 Å². The molecule has 0 saturated carbocycles. The lowest BCUT2D eigenvalue weighted by Crippen LogP contribution is -2.20. The van der Waals surface area contributed by atoms with Gasteiger partial charge in [0.15, 0.2) is 11.5 Å². The van der Waals surface area contributed by atoms with Crippen molar-refractivity contribution in [3.63, 3.8) is 0 Å². The minimum Gasteiger partial charge on any atom is -0.504 e. The third-order valence-corrected chi connectivity index (χ3v) is 2.10. The summed E-state index contributed by atoms with van der Waals surface area (Å²) < 4.78 is 41.1. The molecule has 0 unspecified atom stereocenters. The van der Waals surface area contributed by atoms with Crippen molar-refractivity contribution in [3.8, 4) is 11.5 Å². The molecular formula is C10H12F3NO2. The first-order valence-electron chi connectivity index (χ1n) is 4.53. The molecule has 90 valence electrons. The summed E-state index contributed by atoms with van der Waals surface area (Å²) in [6.45, 7) is 0. The van der Waals surface area contributed by atoms with E-state index in [4.69, 9.17) is 10.5 Å². The Morgan fingerprint density at radius 1 is 1.44 bits per heavy atom. The van der Waals surface area contributed by atoms with E-state index in [2.05, 4.69) is 0 Å². The molecule has 0 aliphatic rings. The molecule has 1 aromatic carbocycles. The van der Waals surface area contributed by atoms with Gasteiger partial charge < -0.3 is 15.6 Å². The van der Waals surface area contributed by atoms with Crippen molar-refractivity contribution in [1.29, 1.82) is 0 Å². The molecule has 6 heteroatoms. The highest BCUT2D eigenvalue weighted by molar-refractivity contribution is 5.46. The fourth-order valence-corrected chi connectivity index (χ4v) is 1.36. The summed E-state index contributed by atoms with van der Waals surface area (Å²) in [6.07, 6.45) is -5.55. The summed E-state index contributed by atoms with van der Waals surface area (Å²) in [5.74, 6) is -0.239. The standard InChI is InChI=1S/C10H12F3NO2/c1-16-8-4-2-3-6(9(8)15)7(14)5-10(11,12)13/h2-4,7,15H,5,14H2,1H3/t7-/m1/s1. The molecule has 0 aliphatic heterocycles. The lowest BCUT2D eigenvalue weighted by atomic mass is 10.0. The molecule has 1 rings (SSSR count). The Labute approximate surface area is 90.6 Å². The summed E-state index contributed by atoms with van der Waals surface area (Å²) in [5, 5.41) is 9.58. The van der Waals surface area contributed by atoms with Crippen LogP contribution in [0.25, 0.3) is 0 Å². The van der Waals surface area contributed by atoms with Gasteiger partial charge in [-0.25, -0.2) is 0 Å². The number of hydrogen-bond acceptors (Lipinski definition) is 3. The van der Waals surface area contributed by atoms with Crippen molar-refractivity contribution in [2.75, 3.05) is 7.11 Å². The van der Waals surface area contributed by atoms with E-state index < -0.39 is 18.6 Å². The van der Waals surface area contributed by atoms with E-state index in [9.17, 15) is 18.3 Å². The predicted octanol–water partition coefficient (Wildman–Crippen LogP) is 2.35. The van der Waals surface area contributed by atoms with Gasteiger partial charge in [0, 0.05) is 11.6 Å². The lowest BCUT2D eigenvalue weighted by molar-refractivity contribution is -0.138. The Kier molecular flexibility index (Phi) is 3.64. The van der Waals surface area contributed by atoms with Gasteiger partial charge in [0.05, 0.1) is 13.5 Å². The van der Waals surface area contributed by atoms with E-state index in [1.807, 2.05) is 0 Å². The maximum Gasteiger partial charge on any atom is 0.390 e. The van der Waals surface area contributed by atoms with Crippen LogP contribution in [0.15, 0.2) is 18.2 Å². The molecule has 1 aromatic rings. The van der Waals surface area contributed by atoms with Crippen LogP contribution in [-0.2, 0) is 0 Å². The second-order valence-electron chi connectivity index (χ2n) is 3.32. The maximum atomic E-state index is 12.1. The number of alkyl halides is 3. The second kappa shape index (κ2) is 4.61. The first-order chi connectivity index (χ1) is 7.35. The molecular weight excluding hydrogens is 223 g/mol. The highest BCUT2D eigenvalue weighted by Crippen LogP contribution is 2.36. The summed E-state index contributed by atoms with van der Waals surface area (Å²) in [4.78, 5) is 0. The van der Waals surface area contributed by atoms with Crippen molar-refractivity contribution in [2.45, 2.75) is 18.6 Å². The second-order valence-corrected chi connectivity index (χ2v) is 3.32. The van der Waals surface area contributed by atoms with Crippen molar-refractivity contribution < 1.29 is 23.0 Å². The first kappa shape index (κ1) is 12.6. The summed E-state index contributed by atoms with van der Waals surface area (Å²) in [6, 6.07) is 2.97. The van der Waals surface area contributed by atoms with Crippen LogP contribution in [0.3, 0.4) is 0 Å². The van der Waals surface area contributed by atoms with Gasteiger partial charge in [-0.3, -0.25) is 0 Å². The zero-order valence-corrected chi connectivity index (χ0v) is 8.58. The van der Waals surface area contributed by atoms with Crippen LogP contribution in [0.4, 0.5) is 13.2 Å². The molecule has 3 nitrogen and oxygen atoms in total. The van der Waals surface area contributed by atoms with E-state index in [0.717, 1.165) is 0 Å². The number of benzene rings is 1. The number of phenolic OH excluding ortho intramolecular Hbond substituents is 1. The fraction of sp³-hybridized carbons (Fsp3) is 0.400. The molecule has 0 aliphatic carbocycles. The van der Waals surface area contributed by atoms with Crippen LogP contribution in [0.5, 0.6) is 11.5 Å². The highest BCUT2D eigenvalue weighted by atomic mass is 19.4. The summed E-state index contributed by atoms with van der Waals surface area (Å²) >= 11 is 0. The zero-order valence-electron chi connectivity index (χ0n) is 8.58. The summed E-state index contributed by atoms with van der Waals surface area (Å²) in [7, 11) is 1.31. The number of rotatable bonds is 3. The first-order valence-corrected chi connectivity index (χ1v) is 4.53. The number of nitrogens with two attached hydrogens (primary N) is 1. The average Bonchev–Trinajstić information content (AvgIpc) is 2.15. The van der Waals surface area contributed by atoms with Gasteiger partial charge in [0.25, 0.3) is 0 Å². The van der Waals surface area contributed by atoms with E-state index >= 15 is 0 Å². The number of ether oxygens (including phenoxy) is 1. The largest absolute Gasteiger partial charge is 0.504 e. The van der Waals surface area contributed by atoms with Crippen LogP contribution >= 0.6 is 0 Å². The lowest BCUT2D eigenvalue weighted by Gasteiger charge is -2.16. The maximum absolute atomic E-state index is 12.1. The van der Waals surface area contributed by atoms with Crippen LogP contribution < -0.4 is 10.5 Å². The molecule has 0 heterocycles. The number of methoxy groups -OCH3 is 1. The van der Waals surface area contributed by atoms with Crippen molar-refractivity contribution in [1.82, 2.24) is 0 Å². The van der Waals surface area contributed by atoms with Gasteiger partial charge in [-0.1, -0.05) is 12.1 Å². The number of halogens is 3. The van der Waals surface area contributed by atoms with Gasteiger partial charge in [0.2, 0.25) is 0 Å². The predicted molar refractivity (Wildman–Crippen MR) is 52.3 cm³/mol. The third kappa shape index (κ3) is 3.03. The van der Waals surface area contributed by atoms with Gasteiger partial charge in [-0.05, 0) is 6.07 Å². The Morgan fingerprint density at radius 3 is 2.56 bits per heavy atom. The van der Waals surface area contributed by atoms with Crippen LogP contribution in [-0.4, -0.2) is 18.4 Å². The van der Waals surface area contributed by atoms with Gasteiger partial charge in [0.1, 0.15) is 0 Å². The molecule has 0 saturated heterocycles. The smallest absolute Gasteiger partial charge is 0.390 e. The molecule has 0 spiro atoms. The van der Waals surface area contributed by atoms with E-state index in [-0.39, 0.29) is 17.1 Å². The Balaban J connectivity index is 2.95. The van der Waals surface area contributed by atoms with Gasteiger partial charge in [-0.2, -0.15) is 13.2 Å². The van der Waals surface area contributed by atoms with Crippen LogP contribution in [0.1, 0.15) is 18.0 Å². The number of hydrogen-bond donors (Lipinski definition) is 2. The van der Waals surface area contributed by atoms with Gasteiger partial charge >= 0.3 is 6.18 Å². The molecule has 3 N–H and O–H groups in total. The Hall–Kier alpha value is -1.43. The van der Waals surface area contributed by atoms with Crippen molar-refractivity contribution in [3.05, 3.63) is 23.8 Å². The average molecular weight is 235 g/mol. The Morgan fingerprint density at radius 2 is 2.06 bits per heavy atom. The fourth-order valence-electron chi connectivity index (χ4n) is 1.36. The SMILES string of the molecule is COc1cccc([C@H](N)CC(F)(F)F)c1O. The molecule has 0 bridgehead atoms. The number of aromatic hydroxyl groups is 1. The minimum absolute atomic E-state index is 0.0247. The molecule has 0 aromatic heterocycles. The number of para-hydroxylation sites is 1. The van der Waals surface area contributed by atoms with E-state index in [1.54, 1.807) is 0 Å². The van der Waals surface area contributed by atoms with E-state index in [0.29, 0.717) is 0 Å². The molecule has 1 atom stereocenters. The topological polar surface area (TPSA) is 55.5 Å². The normalized spacial score (nSPS) is 13.6. The van der Waals surface area contributed by atoms with Crippen LogP contribution in [0, 0.1) is 0 Å². The molecule has 16 heavy (non-hydrogen) atoms. The quantitative estimate of drug-likeness (QED) is 0.845. The van der Waals surface area contributed by atoms with Gasteiger partial charge in [-0.15, -0.1) is 0 Å². The minimum atomic E-state index is -4.37.